The van der Waals surface area contributed by atoms with Gasteiger partial charge in [-0.05, 0) is 12.0 Å². The van der Waals surface area contributed by atoms with E-state index < -0.39 is 0 Å². The van der Waals surface area contributed by atoms with Gasteiger partial charge in [-0.2, -0.15) is 5.10 Å². The predicted octanol–water partition coefficient (Wildman–Crippen LogP) is 1.84. The van der Waals surface area contributed by atoms with E-state index in [0.29, 0.717) is 19.0 Å². The fourth-order valence-electron chi connectivity index (χ4n) is 2.01. The number of nitrogens with zero attached hydrogens (tertiary/aromatic N) is 4. The molecule has 1 N–H and O–H groups in total. The Labute approximate surface area is 113 Å². The van der Waals surface area contributed by atoms with Gasteiger partial charge in [-0.1, -0.05) is 19.9 Å². The van der Waals surface area contributed by atoms with Crippen molar-refractivity contribution in [3.05, 3.63) is 36.8 Å². The number of hydrogen-bond acceptors (Lipinski definition) is 4. The summed E-state index contributed by atoms with van der Waals surface area (Å²) >= 11 is 0. The quantitative estimate of drug-likeness (QED) is 0.805. The second-order valence-corrected chi connectivity index (χ2v) is 4.76. The van der Waals surface area contributed by atoms with Crippen molar-refractivity contribution in [1.29, 1.82) is 0 Å². The van der Waals surface area contributed by atoms with Crippen LogP contribution in [0.1, 0.15) is 25.5 Å². The molecule has 19 heavy (non-hydrogen) atoms. The molecule has 0 saturated carbocycles. The monoisotopic (exact) mass is 260 g/mol. The first-order chi connectivity index (χ1) is 9.17. The molecule has 0 aliphatic carbocycles. The van der Waals surface area contributed by atoms with Crippen molar-refractivity contribution < 1.29 is 5.11 Å². The zero-order chi connectivity index (χ0) is 13.8. The van der Waals surface area contributed by atoms with Crippen LogP contribution in [0.25, 0.3) is 5.52 Å². The van der Waals surface area contributed by atoms with Gasteiger partial charge in [0.1, 0.15) is 5.52 Å². The Morgan fingerprint density at radius 2 is 2.32 bits per heavy atom. The Morgan fingerprint density at radius 1 is 1.53 bits per heavy atom. The Hall–Kier alpha value is -1.88. The lowest BCUT2D eigenvalue weighted by Crippen LogP contribution is -2.28. The molecule has 0 fully saturated rings. The number of aromatic nitrogens is 3. The molecule has 5 nitrogen and oxygen atoms in total. The van der Waals surface area contributed by atoms with Crippen molar-refractivity contribution >= 4 is 11.3 Å². The summed E-state index contributed by atoms with van der Waals surface area (Å²) in [6.07, 6.45) is 5.38. The lowest BCUT2D eigenvalue weighted by atomic mass is 10.1. The molecule has 0 unspecified atom stereocenters. The van der Waals surface area contributed by atoms with Crippen LogP contribution in [0, 0.1) is 0 Å². The third-order valence-corrected chi connectivity index (χ3v) is 3.00. The SMILES string of the molecule is C=CCN(CCO)c1nccn2nc(C(C)C)cc12. The van der Waals surface area contributed by atoms with Crippen LogP contribution >= 0.6 is 0 Å². The highest BCUT2D eigenvalue weighted by molar-refractivity contribution is 5.69. The molecule has 0 radical (unpaired) electrons. The van der Waals surface area contributed by atoms with Gasteiger partial charge in [0, 0.05) is 25.5 Å². The minimum atomic E-state index is 0.0851. The summed E-state index contributed by atoms with van der Waals surface area (Å²) < 4.78 is 1.84. The molecule has 0 spiro atoms. The van der Waals surface area contributed by atoms with Gasteiger partial charge >= 0.3 is 0 Å². The minimum absolute atomic E-state index is 0.0851. The highest BCUT2D eigenvalue weighted by Gasteiger charge is 2.14. The first-order valence-corrected chi connectivity index (χ1v) is 6.48. The molecule has 2 aromatic rings. The van der Waals surface area contributed by atoms with Crippen LogP contribution in [0.3, 0.4) is 0 Å². The lowest BCUT2D eigenvalue weighted by molar-refractivity contribution is 0.303. The van der Waals surface area contributed by atoms with Gasteiger partial charge in [0.15, 0.2) is 5.82 Å². The Morgan fingerprint density at radius 3 is 2.95 bits per heavy atom. The van der Waals surface area contributed by atoms with Gasteiger partial charge in [-0.25, -0.2) is 9.50 Å². The maximum atomic E-state index is 9.16. The third kappa shape index (κ3) is 2.76. The fraction of sp³-hybridized carbons (Fsp3) is 0.429. The van der Waals surface area contributed by atoms with Crippen molar-refractivity contribution in [1.82, 2.24) is 14.6 Å². The van der Waals surface area contributed by atoms with Gasteiger partial charge in [0.05, 0.1) is 12.3 Å². The van der Waals surface area contributed by atoms with Gasteiger partial charge in [0.2, 0.25) is 0 Å². The van der Waals surface area contributed by atoms with Crippen molar-refractivity contribution in [2.75, 3.05) is 24.6 Å². The first kappa shape index (κ1) is 13.5. The Balaban J connectivity index is 2.48. The summed E-state index contributed by atoms with van der Waals surface area (Å²) in [5, 5.41) is 13.7. The van der Waals surface area contributed by atoms with E-state index in [4.69, 9.17) is 5.11 Å². The predicted molar refractivity (Wildman–Crippen MR) is 76.6 cm³/mol. The maximum absolute atomic E-state index is 9.16. The molecule has 0 aromatic carbocycles. The second kappa shape index (κ2) is 5.84. The summed E-state index contributed by atoms with van der Waals surface area (Å²) in [5.74, 6) is 1.20. The zero-order valence-electron chi connectivity index (χ0n) is 11.5. The molecule has 2 heterocycles. The van der Waals surface area contributed by atoms with Crippen molar-refractivity contribution in [3.63, 3.8) is 0 Å². The van der Waals surface area contributed by atoms with Crippen LogP contribution in [0.4, 0.5) is 5.82 Å². The molecule has 5 heteroatoms. The van der Waals surface area contributed by atoms with E-state index in [9.17, 15) is 0 Å². The van der Waals surface area contributed by atoms with E-state index in [-0.39, 0.29) is 6.61 Å². The van der Waals surface area contributed by atoms with Crippen LogP contribution in [0.15, 0.2) is 31.1 Å². The summed E-state index contributed by atoms with van der Waals surface area (Å²) in [6, 6.07) is 2.06. The molecule has 0 saturated heterocycles. The highest BCUT2D eigenvalue weighted by Crippen LogP contribution is 2.22. The number of aliphatic hydroxyl groups is 1. The topological polar surface area (TPSA) is 53.7 Å². The van der Waals surface area contributed by atoms with E-state index in [1.54, 1.807) is 12.3 Å². The summed E-state index contributed by atoms with van der Waals surface area (Å²) in [7, 11) is 0. The first-order valence-electron chi connectivity index (χ1n) is 6.48. The van der Waals surface area contributed by atoms with E-state index in [2.05, 4.69) is 36.6 Å². The third-order valence-electron chi connectivity index (χ3n) is 3.00. The molecule has 0 aliphatic rings. The van der Waals surface area contributed by atoms with Gasteiger partial charge < -0.3 is 10.0 Å². The van der Waals surface area contributed by atoms with Crippen LogP contribution in [-0.4, -0.2) is 39.4 Å². The van der Waals surface area contributed by atoms with Gasteiger partial charge in [0.25, 0.3) is 0 Å². The molecule has 0 bridgehead atoms. The zero-order valence-corrected chi connectivity index (χ0v) is 11.5. The molecule has 102 valence electrons. The molecule has 0 amide bonds. The van der Waals surface area contributed by atoms with Gasteiger partial charge in [-0.15, -0.1) is 6.58 Å². The average Bonchev–Trinajstić information content (AvgIpc) is 2.82. The number of rotatable bonds is 6. The number of hydrogen-bond donors (Lipinski definition) is 1. The molecule has 2 aromatic heterocycles. The number of anilines is 1. The second-order valence-electron chi connectivity index (χ2n) is 4.76. The fourth-order valence-corrected chi connectivity index (χ4v) is 2.01. The summed E-state index contributed by atoms with van der Waals surface area (Å²) in [6.45, 7) is 9.24. The molecule has 0 atom stereocenters. The van der Waals surface area contributed by atoms with Crippen LogP contribution < -0.4 is 4.90 Å². The van der Waals surface area contributed by atoms with E-state index >= 15 is 0 Å². The smallest absolute Gasteiger partial charge is 0.155 e. The van der Waals surface area contributed by atoms with Crippen LogP contribution in [0.2, 0.25) is 0 Å². The normalized spacial score (nSPS) is 11.2. The van der Waals surface area contributed by atoms with E-state index in [1.807, 2.05) is 15.6 Å². The highest BCUT2D eigenvalue weighted by atomic mass is 16.3. The molecule has 0 aliphatic heterocycles. The van der Waals surface area contributed by atoms with E-state index in [0.717, 1.165) is 17.0 Å². The Bertz CT molecular complexity index is 562. The van der Waals surface area contributed by atoms with Crippen LogP contribution in [-0.2, 0) is 0 Å². The lowest BCUT2D eigenvalue weighted by Gasteiger charge is -2.21. The van der Waals surface area contributed by atoms with Crippen molar-refractivity contribution in [3.8, 4) is 0 Å². The van der Waals surface area contributed by atoms with Crippen LogP contribution in [0.5, 0.6) is 0 Å². The maximum Gasteiger partial charge on any atom is 0.155 e. The van der Waals surface area contributed by atoms with Crippen molar-refractivity contribution in [2.45, 2.75) is 19.8 Å². The summed E-state index contributed by atoms with van der Waals surface area (Å²) in [5.41, 5.74) is 2.00. The van der Waals surface area contributed by atoms with E-state index in [1.165, 1.54) is 0 Å². The average molecular weight is 260 g/mol. The van der Waals surface area contributed by atoms with Crippen molar-refractivity contribution in [2.24, 2.45) is 0 Å². The molecule has 2 rings (SSSR count). The van der Waals surface area contributed by atoms with Gasteiger partial charge in [-0.3, -0.25) is 0 Å². The largest absolute Gasteiger partial charge is 0.395 e. The minimum Gasteiger partial charge on any atom is -0.395 e. The molecular weight excluding hydrogens is 240 g/mol. The Kier molecular flexibility index (Phi) is 4.16. The number of aliphatic hydroxyl groups excluding tert-OH is 1. The molecular formula is C14H20N4O. The number of fused-ring (bicyclic) bond motifs is 1. The standard InChI is InChI=1S/C14H20N4O/c1-4-6-17(8-9-19)14-13-10-12(11(2)3)16-18(13)7-5-15-14/h4-5,7,10-11,19H,1,6,8-9H2,2-3H3. The summed E-state index contributed by atoms with van der Waals surface area (Å²) in [4.78, 5) is 6.42.